The van der Waals surface area contributed by atoms with E-state index in [2.05, 4.69) is 17.1 Å². The molecule has 0 bridgehead atoms. The van der Waals surface area contributed by atoms with Crippen LogP contribution in [0.2, 0.25) is 5.02 Å². The summed E-state index contributed by atoms with van der Waals surface area (Å²) in [5.74, 6) is 0.875. The van der Waals surface area contributed by atoms with Crippen molar-refractivity contribution in [3.63, 3.8) is 0 Å². The van der Waals surface area contributed by atoms with Crippen molar-refractivity contribution in [2.24, 2.45) is 0 Å². The first kappa shape index (κ1) is 15.6. The van der Waals surface area contributed by atoms with Crippen LogP contribution in [-0.4, -0.2) is 43.7 Å². The lowest BCUT2D eigenvalue weighted by molar-refractivity contribution is 0.205. The van der Waals surface area contributed by atoms with E-state index >= 15 is 0 Å². The highest BCUT2D eigenvalue weighted by Crippen LogP contribution is 2.15. The van der Waals surface area contributed by atoms with Crippen LogP contribution in [0.3, 0.4) is 0 Å². The molecule has 1 N–H and O–H groups in total. The molecule has 0 radical (unpaired) electrons. The number of likely N-dealkylation sites (tertiary alicyclic amines) is 1. The number of ether oxygens (including phenoxy) is 1. The first-order valence-electron chi connectivity index (χ1n) is 7.58. The molecule has 20 heavy (non-hydrogen) atoms. The quantitative estimate of drug-likeness (QED) is 0.782. The molecule has 0 spiro atoms. The fourth-order valence-corrected chi connectivity index (χ4v) is 2.72. The monoisotopic (exact) mass is 296 g/mol. The van der Waals surface area contributed by atoms with E-state index in [1.807, 2.05) is 24.3 Å². The predicted octanol–water partition coefficient (Wildman–Crippen LogP) is 3.18. The number of hydrogen-bond acceptors (Lipinski definition) is 3. The number of benzene rings is 1. The third-order valence-corrected chi connectivity index (χ3v) is 3.91. The van der Waals surface area contributed by atoms with Crippen LogP contribution in [0.15, 0.2) is 24.3 Å². The molecule has 3 nitrogen and oxygen atoms in total. The molecule has 112 valence electrons. The highest BCUT2D eigenvalue weighted by atomic mass is 35.5. The molecule has 1 atom stereocenters. The van der Waals surface area contributed by atoms with Gasteiger partial charge in [0.1, 0.15) is 12.4 Å². The minimum Gasteiger partial charge on any atom is -0.492 e. The molecule has 0 amide bonds. The summed E-state index contributed by atoms with van der Waals surface area (Å²) < 4.78 is 5.67. The summed E-state index contributed by atoms with van der Waals surface area (Å²) in [6.45, 7) is 7.46. The third-order valence-electron chi connectivity index (χ3n) is 3.66. The molecule has 1 heterocycles. The number of piperidine rings is 1. The maximum atomic E-state index is 5.83. The van der Waals surface area contributed by atoms with Crippen LogP contribution in [-0.2, 0) is 0 Å². The summed E-state index contributed by atoms with van der Waals surface area (Å²) in [6, 6.07) is 8.02. The average molecular weight is 297 g/mol. The smallest absolute Gasteiger partial charge is 0.119 e. The minimum atomic E-state index is 0.516. The molecule has 1 unspecified atom stereocenters. The van der Waals surface area contributed by atoms with E-state index in [9.17, 15) is 0 Å². The van der Waals surface area contributed by atoms with Crippen LogP contribution in [0.4, 0.5) is 0 Å². The lowest BCUT2D eigenvalue weighted by Crippen LogP contribution is -2.42. The summed E-state index contributed by atoms with van der Waals surface area (Å²) in [4.78, 5) is 2.56. The fourth-order valence-electron chi connectivity index (χ4n) is 2.60. The third kappa shape index (κ3) is 5.70. The number of rotatable bonds is 7. The summed E-state index contributed by atoms with van der Waals surface area (Å²) in [5.41, 5.74) is 0. The van der Waals surface area contributed by atoms with Crippen LogP contribution in [0.25, 0.3) is 0 Å². The Balaban J connectivity index is 1.56. The van der Waals surface area contributed by atoms with Gasteiger partial charge in [0.2, 0.25) is 0 Å². The first-order valence-corrected chi connectivity index (χ1v) is 7.96. The Hall–Kier alpha value is -0.770. The number of nitrogens with zero attached hydrogens (tertiary/aromatic N) is 1. The van der Waals surface area contributed by atoms with E-state index in [0.717, 1.165) is 23.9 Å². The van der Waals surface area contributed by atoms with Gasteiger partial charge in [-0.2, -0.15) is 0 Å². The van der Waals surface area contributed by atoms with Crippen LogP contribution in [0, 0.1) is 0 Å². The van der Waals surface area contributed by atoms with Crippen LogP contribution in [0.5, 0.6) is 5.75 Å². The number of halogens is 1. The molecule has 1 aliphatic heterocycles. The molecule has 1 aromatic rings. The van der Waals surface area contributed by atoms with Gasteiger partial charge in [0.05, 0.1) is 0 Å². The van der Waals surface area contributed by atoms with Gasteiger partial charge in [0, 0.05) is 24.2 Å². The second-order valence-corrected chi connectivity index (χ2v) is 5.96. The molecule has 2 rings (SSSR count). The van der Waals surface area contributed by atoms with Gasteiger partial charge in [0.25, 0.3) is 0 Å². The highest BCUT2D eigenvalue weighted by molar-refractivity contribution is 6.30. The molecule has 4 heteroatoms. The van der Waals surface area contributed by atoms with Gasteiger partial charge >= 0.3 is 0 Å². The molecule has 0 aliphatic carbocycles. The van der Waals surface area contributed by atoms with Gasteiger partial charge in [-0.25, -0.2) is 0 Å². The van der Waals surface area contributed by atoms with Crippen molar-refractivity contribution in [3.8, 4) is 5.75 Å². The standard InChI is InChI=1S/C16H25ClN2O/c1-14(13-19-10-3-2-4-11-19)18-9-12-20-16-7-5-15(17)6-8-16/h5-8,14,18H,2-4,9-13H2,1H3. The molecular weight excluding hydrogens is 272 g/mol. The Labute approximate surface area is 127 Å². The fraction of sp³-hybridized carbons (Fsp3) is 0.625. The van der Waals surface area contributed by atoms with E-state index < -0.39 is 0 Å². The lowest BCUT2D eigenvalue weighted by atomic mass is 10.1. The number of nitrogens with one attached hydrogen (secondary N) is 1. The molecule has 0 aromatic heterocycles. The normalized spacial score (nSPS) is 17.9. The summed E-state index contributed by atoms with van der Waals surface area (Å²) in [6.07, 6.45) is 4.10. The molecule has 1 saturated heterocycles. The zero-order valence-electron chi connectivity index (χ0n) is 12.3. The van der Waals surface area contributed by atoms with Crippen molar-refractivity contribution in [3.05, 3.63) is 29.3 Å². The zero-order valence-corrected chi connectivity index (χ0v) is 13.0. The maximum absolute atomic E-state index is 5.83. The summed E-state index contributed by atoms with van der Waals surface area (Å²) in [7, 11) is 0. The topological polar surface area (TPSA) is 24.5 Å². The van der Waals surface area contributed by atoms with Crippen molar-refractivity contribution in [2.75, 3.05) is 32.8 Å². The van der Waals surface area contributed by atoms with Crippen LogP contribution < -0.4 is 10.1 Å². The highest BCUT2D eigenvalue weighted by Gasteiger charge is 2.12. The van der Waals surface area contributed by atoms with Gasteiger partial charge in [-0.15, -0.1) is 0 Å². The van der Waals surface area contributed by atoms with Gasteiger partial charge in [0.15, 0.2) is 0 Å². The van der Waals surface area contributed by atoms with Gasteiger partial charge in [-0.3, -0.25) is 0 Å². The van der Waals surface area contributed by atoms with E-state index in [4.69, 9.17) is 16.3 Å². The Kier molecular flexibility index (Phi) is 6.64. The Bertz CT molecular complexity index is 377. The number of hydrogen-bond donors (Lipinski definition) is 1. The lowest BCUT2D eigenvalue weighted by Gasteiger charge is -2.29. The van der Waals surface area contributed by atoms with Crippen LogP contribution >= 0.6 is 11.6 Å². The van der Waals surface area contributed by atoms with E-state index in [1.54, 1.807) is 0 Å². The van der Waals surface area contributed by atoms with Crippen molar-refractivity contribution in [1.82, 2.24) is 10.2 Å². The molecular formula is C16H25ClN2O. The van der Waals surface area contributed by atoms with E-state index in [1.165, 1.54) is 32.4 Å². The predicted molar refractivity (Wildman–Crippen MR) is 84.7 cm³/mol. The largest absolute Gasteiger partial charge is 0.492 e. The van der Waals surface area contributed by atoms with E-state index in [0.29, 0.717) is 12.6 Å². The summed E-state index contributed by atoms with van der Waals surface area (Å²) >= 11 is 5.83. The summed E-state index contributed by atoms with van der Waals surface area (Å²) in [5, 5.41) is 4.26. The zero-order chi connectivity index (χ0) is 14.2. The van der Waals surface area contributed by atoms with Crippen molar-refractivity contribution in [2.45, 2.75) is 32.2 Å². The molecule has 1 aliphatic rings. The van der Waals surface area contributed by atoms with E-state index in [-0.39, 0.29) is 0 Å². The Morgan fingerprint density at radius 3 is 2.60 bits per heavy atom. The molecule has 1 aromatic carbocycles. The van der Waals surface area contributed by atoms with Gasteiger partial charge in [-0.05, 0) is 57.1 Å². The second kappa shape index (κ2) is 8.50. The Morgan fingerprint density at radius 2 is 1.90 bits per heavy atom. The van der Waals surface area contributed by atoms with Crippen molar-refractivity contribution < 1.29 is 4.74 Å². The minimum absolute atomic E-state index is 0.516. The maximum Gasteiger partial charge on any atom is 0.119 e. The first-order chi connectivity index (χ1) is 9.74. The van der Waals surface area contributed by atoms with Crippen LogP contribution in [0.1, 0.15) is 26.2 Å². The average Bonchev–Trinajstić information content (AvgIpc) is 2.46. The molecule has 1 fully saturated rings. The Morgan fingerprint density at radius 1 is 1.20 bits per heavy atom. The van der Waals surface area contributed by atoms with Gasteiger partial charge < -0.3 is 15.0 Å². The van der Waals surface area contributed by atoms with Crippen molar-refractivity contribution in [1.29, 1.82) is 0 Å². The van der Waals surface area contributed by atoms with Gasteiger partial charge in [-0.1, -0.05) is 18.0 Å². The van der Waals surface area contributed by atoms with Crippen molar-refractivity contribution >= 4 is 11.6 Å². The SMILES string of the molecule is CC(CN1CCCCC1)NCCOc1ccc(Cl)cc1. The second-order valence-electron chi connectivity index (χ2n) is 5.52. The molecule has 0 saturated carbocycles.